The summed E-state index contributed by atoms with van der Waals surface area (Å²) in [6.45, 7) is 1.69. The van der Waals surface area contributed by atoms with Crippen molar-refractivity contribution in [1.82, 2.24) is 4.57 Å². The highest BCUT2D eigenvalue weighted by Crippen LogP contribution is 2.33. The Balaban J connectivity index is 1.59. The van der Waals surface area contributed by atoms with Gasteiger partial charge in [0.25, 0.3) is 0 Å². The largest absolute Gasteiger partial charge is 0.497 e. The molecular weight excluding hydrogens is 548 g/mol. The minimum absolute atomic E-state index is 0.278. The molecule has 0 spiro atoms. The van der Waals surface area contributed by atoms with Crippen LogP contribution in [0.3, 0.4) is 0 Å². The molecule has 0 fully saturated rings. The summed E-state index contributed by atoms with van der Waals surface area (Å²) in [5, 5.41) is 6.01. The predicted octanol–water partition coefficient (Wildman–Crippen LogP) is 7.20. The van der Waals surface area contributed by atoms with Crippen molar-refractivity contribution >= 4 is 75.3 Å². The van der Waals surface area contributed by atoms with Gasteiger partial charge in [0.15, 0.2) is 0 Å². The highest BCUT2D eigenvalue weighted by Gasteiger charge is 2.14. The molecule has 0 saturated carbocycles. The van der Waals surface area contributed by atoms with E-state index in [-0.39, 0.29) is 4.83 Å². The zero-order chi connectivity index (χ0) is 19.7. The number of nitrogens with zero attached hydrogens (tertiary/aromatic N) is 1. The second-order valence-electron chi connectivity index (χ2n) is 6.64. The molecule has 6 heteroatoms. The molecule has 0 aliphatic carbocycles. The summed E-state index contributed by atoms with van der Waals surface area (Å²) in [6, 6.07) is 21.0. The molecule has 0 aliphatic heterocycles. The van der Waals surface area contributed by atoms with Crippen molar-refractivity contribution in [3.8, 4) is 5.75 Å². The third-order valence-electron chi connectivity index (χ3n) is 4.79. The van der Waals surface area contributed by atoms with Gasteiger partial charge in [0.05, 0.1) is 7.11 Å². The van der Waals surface area contributed by atoms with Gasteiger partial charge in [0.2, 0.25) is 0 Å². The minimum Gasteiger partial charge on any atom is -0.497 e. The van der Waals surface area contributed by atoms with Gasteiger partial charge in [-0.3, -0.25) is 0 Å². The third kappa shape index (κ3) is 4.09. The van der Waals surface area contributed by atoms with Gasteiger partial charge in [-0.05, 0) is 60.7 Å². The molecule has 0 aliphatic rings. The van der Waals surface area contributed by atoms with Crippen LogP contribution in [0.5, 0.6) is 5.75 Å². The fourth-order valence-corrected chi connectivity index (χ4v) is 4.62. The number of methoxy groups -OCH3 is 1. The monoisotopic (exact) mass is 564 g/mol. The first kappa shape index (κ1) is 19.8. The van der Waals surface area contributed by atoms with Crippen molar-refractivity contribution in [2.45, 2.75) is 11.4 Å². The number of halogens is 3. The van der Waals surface area contributed by atoms with Crippen LogP contribution in [0, 0.1) is 0 Å². The number of benzene rings is 3. The average molecular weight is 567 g/mol. The van der Waals surface area contributed by atoms with Crippen molar-refractivity contribution in [2.24, 2.45) is 0 Å². The molecule has 4 rings (SSSR count). The number of hydrogen-bond acceptors (Lipinski definition) is 2. The summed E-state index contributed by atoms with van der Waals surface area (Å²) in [5.41, 5.74) is 3.57. The lowest BCUT2D eigenvalue weighted by molar-refractivity contribution is 0.415. The van der Waals surface area contributed by atoms with Crippen molar-refractivity contribution < 1.29 is 4.74 Å². The molecule has 28 heavy (non-hydrogen) atoms. The molecule has 1 N–H and O–H groups in total. The lowest BCUT2D eigenvalue weighted by Gasteiger charge is -2.15. The van der Waals surface area contributed by atoms with E-state index in [1.165, 1.54) is 21.8 Å². The number of anilines is 1. The zero-order valence-corrected chi connectivity index (χ0v) is 20.0. The Kier molecular flexibility index (Phi) is 5.99. The normalized spacial score (nSPS) is 12.4. The summed E-state index contributed by atoms with van der Waals surface area (Å²) in [7, 11) is 1.68. The highest BCUT2D eigenvalue weighted by molar-refractivity contribution is 9.10. The van der Waals surface area contributed by atoms with Crippen LogP contribution in [0.25, 0.3) is 21.8 Å². The van der Waals surface area contributed by atoms with Gasteiger partial charge in [0, 0.05) is 54.4 Å². The first-order valence-electron chi connectivity index (χ1n) is 8.94. The van der Waals surface area contributed by atoms with Gasteiger partial charge in [-0.25, -0.2) is 0 Å². The molecular formula is C22H19Br3N2O. The van der Waals surface area contributed by atoms with Crippen LogP contribution in [0.15, 0.2) is 69.6 Å². The number of aromatic nitrogens is 1. The second-order valence-corrected chi connectivity index (χ2v) is 9.77. The Bertz CT molecular complexity index is 1060. The van der Waals surface area contributed by atoms with E-state index >= 15 is 0 Å². The van der Waals surface area contributed by atoms with Crippen LogP contribution in [0.4, 0.5) is 5.69 Å². The Morgan fingerprint density at radius 1 is 0.893 bits per heavy atom. The summed E-state index contributed by atoms with van der Waals surface area (Å²) in [4.78, 5) is 0.278. The van der Waals surface area contributed by atoms with Crippen LogP contribution >= 0.6 is 47.8 Å². The van der Waals surface area contributed by atoms with Crippen LogP contribution in [-0.2, 0) is 6.54 Å². The maximum absolute atomic E-state index is 5.22. The predicted molar refractivity (Wildman–Crippen MR) is 129 cm³/mol. The van der Waals surface area contributed by atoms with Gasteiger partial charge in [-0.1, -0.05) is 47.8 Å². The van der Waals surface area contributed by atoms with Gasteiger partial charge in [-0.15, -0.1) is 0 Å². The first-order chi connectivity index (χ1) is 13.5. The SMILES string of the molecule is COc1ccc(NCC(Br)Cn2c3ccc(Br)cc3c3cc(Br)ccc32)cc1. The number of hydrogen-bond donors (Lipinski definition) is 1. The zero-order valence-electron chi connectivity index (χ0n) is 15.3. The van der Waals surface area contributed by atoms with Gasteiger partial charge < -0.3 is 14.6 Å². The summed E-state index contributed by atoms with van der Waals surface area (Å²) in [6.07, 6.45) is 0. The molecule has 0 bridgehead atoms. The lowest BCUT2D eigenvalue weighted by Crippen LogP contribution is -2.19. The van der Waals surface area contributed by atoms with Crippen molar-refractivity contribution in [1.29, 1.82) is 0 Å². The molecule has 4 aromatic rings. The molecule has 144 valence electrons. The van der Waals surface area contributed by atoms with Gasteiger partial charge >= 0.3 is 0 Å². The maximum atomic E-state index is 5.22. The van der Waals surface area contributed by atoms with E-state index in [0.717, 1.165) is 33.5 Å². The quantitative estimate of drug-likeness (QED) is 0.250. The van der Waals surface area contributed by atoms with E-state index in [2.05, 4.69) is 94.1 Å². The molecule has 1 aromatic heterocycles. The average Bonchev–Trinajstić information content (AvgIpc) is 2.99. The van der Waals surface area contributed by atoms with E-state index in [1.54, 1.807) is 7.11 Å². The van der Waals surface area contributed by atoms with Crippen molar-refractivity contribution in [2.75, 3.05) is 19.0 Å². The number of fused-ring (bicyclic) bond motifs is 3. The molecule has 1 unspecified atom stereocenters. The summed E-state index contributed by atoms with van der Waals surface area (Å²) in [5.74, 6) is 0.864. The van der Waals surface area contributed by atoms with Gasteiger partial charge in [0.1, 0.15) is 5.75 Å². The fraction of sp³-hybridized carbons (Fsp3) is 0.182. The highest BCUT2D eigenvalue weighted by atomic mass is 79.9. The van der Waals surface area contributed by atoms with Crippen molar-refractivity contribution in [3.63, 3.8) is 0 Å². The lowest BCUT2D eigenvalue weighted by atomic mass is 10.2. The van der Waals surface area contributed by atoms with E-state index in [4.69, 9.17) is 4.74 Å². The smallest absolute Gasteiger partial charge is 0.119 e. The van der Waals surface area contributed by atoms with E-state index in [9.17, 15) is 0 Å². The molecule has 0 saturated heterocycles. The van der Waals surface area contributed by atoms with E-state index in [0.29, 0.717) is 0 Å². The molecule has 0 amide bonds. The number of alkyl halides is 1. The van der Waals surface area contributed by atoms with E-state index < -0.39 is 0 Å². The summed E-state index contributed by atoms with van der Waals surface area (Å²) >= 11 is 11.1. The second kappa shape index (κ2) is 8.47. The number of rotatable bonds is 6. The molecule has 3 nitrogen and oxygen atoms in total. The van der Waals surface area contributed by atoms with Crippen LogP contribution in [-0.4, -0.2) is 23.0 Å². The number of nitrogens with one attached hydrogen (secondary N) is 1. The topological polar surface area (TPSA) is 26.2 Å². The number of ether oxygens (including phenoxy) is 1. The summed E-state index contributed by atoms with van der Waals surface area (Å²) < 4.78 is 9.79. The standard InChI is InChI=1S/C22H19Br3N2O/c1-28-18-6-4-17(5-7-18)26-12-16(25)13-27-21-8-2-14(23)10-19(21)20-11-15(24)3-9-22(20)27/h2-11,16,26H,12-13H2,1H3. The van der Waals surface area contributed by atoms with Crippen LogP contribution in [0.1, 0.15) is 0 Å². The van der Waals surface area contributed by atoms with E-state index in [1.807, 2.05) is 24.3 Å². The Labute approximate surface area is 189 Å². The third-order valence-corrected chi connectivity index (χ3v) is 6.39. The Morgan fingerprint density at radius 3 is 2.00 bits per heavy atom. The first-order valence-corrected chi connectivity index (χ1v) is 11.4. The Hall–Kier alpha value is -1.50. The molecule has 1 heterocycles. The van der Waals surface area contributed by atoms with Crippen LogP contribution in [0.2, 0.25) is 0 Å². The molecule has 1 atom stereocenters. The van der Waals surface area contributed by atoms with Gasteiger partial charge in [-0.2, -0.15) is 0 Å². The maximum Gasteiger partial charge on any atom is 0.119 e. The fourth-order valence-electron chi connectivity index (χ4n) is 3.45. The molecule has 0 radical (unpaired) electrons. The molecule has 3 aromatic carbocycles. The van der Waals surface area contributed by atoms with Crippen molar-refractivity contribution in [3.05, 3.63) is 69.6 Å². The van der Waals surface area contributed by atoms with Crippen LogP contribution < -0.4 is 10.1 Å². The Morgan fingerprint density at radius 2 is 1.46 bits per heavy atom. The minimum atomic E-state index is 0.278.